The predicted octanol–water partition coefficient (Wildman–Crippen LogP) is 5.40. The number of rotatable bonds is 5. The highest BCUT2D eigenvalue weighted by molar-refractivity contribution is 6.02. The first-order chi connectivity index (χ1) is 14.7. The summed E-state index contributed by atoms with van der Waals surface area (Å²) in [5.74, 6) is -0.285. The number of benzene rings is 2. The van der Waals surface area contributed by atoms with Crippen molar-refractivity contribution in [3.05, 3.63) is 64.8 Å². The number of hydrogen-bond acceptors (Lipinski definition) is 6. The van der Waals surface area contributed by atoms with Gasteiger partial charge in [0, 0.05) is 24.1 Å². The number of ether oxygens (including phenoxy) is 1. The van der Waals surface area contributed by atoms with Crippen LogP contribution in [-0.4, -0.2) is 32.8 Å². The van der Waals surface area contributed by atoms with Gasteiger partial charge in [0.25, 0.3) is 0 Å². The third-order valence-corrected chi connectivity index (χ3v) is 4.79. The molecule has 1 aliphatic heterocycles. The maximum Gasteiger partial charge on any atom is 0.173 e. The average Bonchev–Trinajstić information content (AvgIpc) is 2.69. The second kappa shape index (κ2) is 11.1. The van der Waals surface area contributed by atoms with Gasteiger partial charge in [-0.25, -0.2) is 0 Å². The van der Waals surface area contributed by atoms with Crippen LogP contribution in [0.15, 0.2) is 53.6 Å². The molecular formula is C25H30O6. The molecule has 0 atom stereocenters. The molecule has 1 aliphatic rings. The summed E-state index contributed by atoms with van der Waals surface area (Å²) in [6.45, 7) is 6.60. The number of carbonyl (C=O) groups excluding carboxylic acids is 1. The van der Waals surface area contributed by atoms with Gasteiger partial charge < -0.3 is 25.2 Å². The maximum atomic E-state index is 11.3. The maximum absolute atomic E-state index is 11.3. The normalized spacial score (nSPS) is 12.9. The van der Waals surface area contributed by atoms with E-state index in [1.54, 1.807) is 6.07 Å². The average molecular weight is 427 g/mol. The second-order valence-corrected chi connectivity index (χ2v) is 7.72. The summed E-state index contributed by atoms with van der Waals surface area (Å²) in [6, 6.07) is 7.52. The van der Waals surface area contributed by atoms with Gasteiger partial charge in [-0.2, -0.15) is 0 Å². The number of carbonyl (C=O) groups is 1. The fourth-order valence-electron chi connectivity index (χ4n) is 3.08. The van der Waals surface area contributed by atoms with Gasteiger partial charge in [-0.1, -0.05) is 35.4 Å². The zero-order valence-corrected chi connectivity index (χ0v) is 18.2. The van der Waals surface area contributed by atoms with Crippen LogP contribution >= 0.6 is 0 Å². The molecule has 0 bridgehead atoms. The summed E-state index contributed by atoms with van der Waals surface area (Å²) < 4.78 is 5.11. The lowest BCUT2D eigenvalue weighted by atomic mass is 10.0. The van der Waals surface area contributed by atoms with Gasteiger partial charge in [0.15, 0.2) is 17.3 Å². The zero-order valence-electron chi connectivity index (χ0n) is 18.2. The number of allylic oxidation sites excluding steroid dienone is 4. The highest BCUT2D eigenvalue weighted by Crippen LogP contribution is 2.35. The molecule has 1 heterocycles. The Labute approximate surface area is 182 Å². The summed E-state index contributed by atoms with van der Waals surface area (Å²) in [5, 5.41) is 37.5. The number of ketones is 1. The molecule has 6 nitrogen and oxygen atoms in total. The number of para-hydroxylation sites is 1. The van der Waals surface area contributed by atoms with Crippen molar-refractivity contribution in [1.82, 2.24) is 0 Å². The van der Waals surface area contributed by atoms with Crippen molar-refractivity contribution in [2.45, 2.75) is 46.5 Å². The first kappa shape index (κ1) is 23.9. The molecule has 2 aromatic rings. The van der Waals surface area contributed by atoms with Crippen molar-refractivity contribution < 1.29 is 30.0 Å². The molecule has 31 heavy (non-hydrogen) atoms. The third-order valence-electron chi connectivity index (χ3n) is 4.79. The van der Waals surface area contributed by atoms with E-state index in [1.807, 2.05) is 6.07 Å². The minimum Gasteiger partial charge on any atom is -0.508 e. The molecule has 2 aromatic carbocycles. The standard InChI is InChI=1S/C16H22O2.C9H8O4/c1-12(2)6-4-7-13(3)10-11-14-8-5-9-15(17)16(14)18;10-5-3-7(12)9-6(11)1-2-13-8(9)4-5/h5-6,8-10,17-18H,4,7,11H2,1-3H3;3-4,10,12H,1-2H2/b13-10+;. The lowest BCUT2D eigenvalue weighted by molar-refractivity contribution is 0.0929. The van der Waals surface area contributed by atoms with Crippen LogP contribution in [0.5, 0.6) is 28.7 Å². The molecule has 0 saturated carbocycles. The zero-order chi connectivity index (χ0) is 23.0. The van der Waals surface area contributed by atoms with E-state index in [2.05, 4.69) is 32.9 Å². The largest absolute Gasteiger partial charge is 0.508 e. The van der Waals surface area contributed by atoms with Gasteiger partial charge >= 0.3 is 0 Å². The van der Waals surface area contributed by atoms with E-state index in [0.717, 1.165) is 24.5 Å². The van der Waals surface area contributed by atoms with Crippen molar-refractivity contribution in [2.75, 3.05) is 6.61 Å². The first-order valence-corrected chi connectivity index (χ1v) is 10.2. The molecule has 0 spiro atoms. The van der Waals surface area contributed by atoms with E-state index in [9.17, 15) is 20.1 Å². The van der Waals surface area contributed by atoms with E-state index >= 15 is 0 Å². The monoisotopic (exact) mass is 426 g/mol. The summed E-state index contributed by atoms with van der Waals surface area (Å²) in [7, 11) is 0. The van der Waals surface area contributed by atoms with Crippen molar-refractivity contribution in [3.63, 3.8) is 0 Å². The quantitative estimate of drug-likeness (QED) is 0.377. The molecule has 0 fully saturated rings. The molecule has 4 N–H and O–H groups in total. The Morgan fingerprint density at radius 3 is 2.48 bits per heavy atom. The van der Waals surface area contributed by atoms with Gasteiger partial charge in [0.2, 0.25) is 0 Å². The number of aromatic hydroxyl groups is 4. The summed E-state index contributed by atoms with van der Waals surface area (Å²) in [5.41, 5.74) is 3.57. The minimum atomic E-state index is -0.222. The number of Topliss-reactive ketones (excluding diaryl/α,β-unsaturated/α-hetero) is 1. The topological polar surface area (TPSA) is 107 Å². The summed E-state index contributed by atoms with van der Waals surface area (Å²) in [4.78, 5) is 11.3. The van der Waals surface area contributed by atoms with E-state index < -0.39 is 0 Å². The van der Waals surface area contributed by atoms with E-state index in [1.165, 1.54) is 23.3 Å². The highest BCUT2D eigenvalue weighted by atomic mass is 16.5. The Hall–Kier alpha value is -3.41. The van der Waals surface area contributed by atoms with Crippen LogP contribution in [0.25, 0.3) is 0 Å². The van der Waals surface area contributed by atoms with E-state index in [4.69, 9.17) is 9.84 Å². The Bertz CT molecular complexity index is 984. The Kier molecular flexibility index (Phi) is 8.55. The van der Waals surface area contributed by atoms with Crippen LogP contribution in [-0.2, 0) is 6.42 Å². The van der Waals surface area contributed by atoms with Crippen molar-refractivity contribution in [1.29, 1.82) is 0 Å². The minimum absolute atomic E-state index is 0.00847. The van der Waals surface area contributed by atoms with Gasteiger partial charge in [-0.15, -0.1) is 0 Å². The molecule has 0 unspecified atom stereocenters. The SMILES string of the molecule is CC(C)=CCC/C(C)=C/Cc1cccc(O)c1O.O=C1CCOc2cc(O)cc(O)c21. The molecular weight excluding hydrogens is 396 g/mol. The third kappa shape index (κ3) is 7.10. The molecule has 0 saturated heterocycles. The highest BCUT2D eigenvalue weighted by Gasteiger charge is 2.22. The van der Waals surface area contributed by atoms with Crippen LogP contribution in [0.1, 0.15) is 56.0 Å². The van der Waals surface area contributed by atoms with E-state index in [0.29, 0.717) is 13.0 Å². The molecule has 166 valence electrons. The Morgan fingerprint density at radius 2 is 1.77 bits per heavy atom. The predicted molar refractivity (Wildman–Crippen MR) is 120 cm³/mol. The van der Waals surface area contributed by atoms with Crippen molar-refractivity contribution >= 4 is 5.78 Å². The van der Waals surface area contributed by atoms with Crippen LogP contribution in [0, 0.1) is 0 Å². The van der Waals surface area contributed by atoms with Gasteiger partial charge in [-0.05, 0) is 46.1 Å². The Morgan fingerprint density at radius 1 is 1.03 bits per heavy atom. The van der Waals surface area contributed by atoms with Crippen LogP contribution in [0.4, 0.5) is 0 Å². The van der Waals surface area contributed by atoms with Crippen molar-refractivity contribution in [3.8, 4) is 28.7 Å². The number of phenols is 4. The van der Waals surface area contributed by atoms with E-state index in [-0.39, 0.29) is 46.5 Å². The number of phenolic OH excluding ortho intramolecular Hbond substituents is 4. The Balaban J connectivity index is 0.000000231. The van der Waals surface area contributed by atoms with Gasteiger partial charge in [0.05, 0.1) is 6.61 Å². The number of fused-ring (bicyclic) bond motifs is 1. The summed E-state index contributed by atoms with van der Waals surface area (Å²) in [6.07, 6.45) is 7.34. The molecule has 0 aromatic heterocycles. The molecule has 0 radical (unpaired) electrons. The lowest BCUT2D eigenvalue weighted by Gasteiger charge is -2.16. The van der Waals surface area contributed by atoms with Gasteiger partial charge in [0.1, 0.15) is 22.8 Å². The van der Waals surface area contributed by atoms with Crippen LogP contribution < -0.4 is 4.74 Å². The lowest BCUT2D eigenvalue weighted by Crippen LogP contribution is -2.15. The molecule has 3 rings (SSSR count). The fourth-order valence-corrected chi connectivity index (χ4v) is 3.08. The van der Waals surface area contributed by atoms with Gasteiger partial charge in [-0.3, -0.25) is 4.79 Å². The smallest absolute Gasteiger partial charge is 0.173 e. The number of hydrogen-bond donors (Lipinski definition) is 4. The second-order valence-electron chi connectivity index (χ2n) is 7.72. The van der Waals surface area contributed by atoms with Crippen LogP contribution in [0.3, 0.4) is 0 Å². The molecule has 0 amide bonds. The van der Waals surface area contributed by atoms with Crippen LogP contribution in [0.2, 0.25) is 0 Å². The van der Waals surface area contributed by atoms with Crippen molar-refractivity contribution in [2.24, 2.45) is 0 Å². The molecule has 0 aliphatic carbocycles. The summed E-state index contributed by atoms with van der Waals surface area (Å²) >= 11 is 0. The fraction of sp³-hybridized carbons (Fsp3) is 0.320. The molecule has 6 heteroatoms. The first-order valence-electron chi connectivity index (χ1n) is 10.2.